The summed E-state index contributed by atoms with van der Waals surface area (Å²) in [5.74, 6) is -0.229. The zero-order valence-electron chi connectivity index (χ0n) is 9.61. The summed E-state index contributed by atoms with van der Waals surface area (Å²) in [5, 5.41) is 9.18. The van der Waals surface area contributed by atoms with Crippen LogP contribution in [0.25, 0.3) is 22.6 Å². The maximum absolute atomic E-state index is 13.7. The second-order valence-electron chi connectivity index (χ2n) is 4.13. The molecule has 90 valence electrons. The Kier molecular flexibility index (Phi) is 2.26. The summed E-state index contributed by atoms with van der Waals surface area (Å²) in [6, 6.07) is 5.86. The van der Waals surface area contributed by atoms with E-state index in [1.54, 1.807) is 6.20 Å². The van der Waals surface area contributed by atoms with Gasteiger partial charge < -0.3 is 10.1 Å². The molecule has 0 unspecified atom stereocenters. The number of nitrogens with zero attached hydrogens (tertiary/aromatic N) is 2. The zero-order valence-corrected chi connectivity index (χ0v) is 9.61. The molecule has 0 spiro atoms. The number of phenolic OH excluding ortho intramolecular Hbond substituents is 1. The van der Waals surface area contributed by atoms with E-state index in [-0.39, 0.29) is 5.75 Å². The Balaban J connectivity index is 2.19. The summed E-state index contributed by atoms with van der Waals surface area (Å²) in [7, 11) is 0. The van der Waals surface area contributed by atoms with Crippen molar-refractivity contribution < 1.29 is 9.50 Å². The van der Waals surface area contributed by atoms with Gasteiger partial charge in [0.15, 0.2) is 5.65 Å². The lowest BCUT2D eigenvalue weighted by Crippen LogP contribution is -1.85. The lowest BCUT2D eigenvalue weighted by Gasteiger charge is -1.99. The van der Waals surface area contributed by atoms with E-state index in [1.807, 2.05) is 13.0 Å². The number of hydrogen-bond acceptors (Lipinski definition) is 3. The van der Waals surface area contributed by atoms with Crippen LogP contribution in [-0.4, -0.2) is 20.1 Å². The Hall–Kier alpha value is -2.43. The SMILES string of the molecule is Cc1cnc2nc(-c3ccc(O)cc3F)[nH]c2c1. The molecule has 2 aromatic heterocycles. The molecule has 0 atom stereocenters. The van der Waals surface area contributed by atoms with Crippen molar-refractivity contribution in [3.05, 3.63) is 41.8 Å². The third kappa shape index (κ3) is 1.69. The van der Waals surface area contributed by atoms with Crippen molar-refractivity contribution in [3.8, 4) is 17.1 Å². The molecular weight excluding hydrogens is 233 g/mol. The highest BCUT2D eigenvalue weighted by molar-refractivity contribution is 5.76. The smallest absolute Gasteiger partial charge is 0.178 e. The van der Waals surface area contributed by atoms with Gasteiger partial charge in [0, 0.05) is 12.3 Å². The third-order valence-corrected chi connectivity index (χ3v) is 2.68. The van der Waals surface area contributed by atoms with Crippen LogP contribution >= 0.6 is 0 Å². The predicted octanol–water partition coefficient (Wildman–Crippen LogP) is 2.78. The highest BCUT2D eigenvalue weighted by Crippen LogP contribution is 2.25. The molecule has 0 aliphatic rings. The topological polar surface area (TPSA) is 61.8 Å². The Bertz CT molecular complexity index is 736. The van der Waals surface area contributed by atoms with Crippen LogP contribution in [0, 0.1) is 12.7 Å². The van der Waals surface area contributed by atoms with E-state index in [9.17, 15) is 9.50 Å². The van der Waals surface area contributed by atoms with Gasteiger partial charge in [0.1, 0.15) is 17.4 Å². The van der Waals surface area contributed by atoms with Crippen LogP contribution in [-0.2, 0) is 0 Å². The number of aromatic nitrogens is 3. The lowest BCUT2D eigenvalue weighted by molar-refractivity contribution is 0.469. The lowest BCUT2D eigenvalue weighted by atomic mass is 10.2. The summed E-state index contributed by atoms with van der Waals surface area (Å²) in [6.07, 6.45) is 1.71. The van der Waals surface area contributed by atoms with Gasteiger partial charge in [-0.05, 0) is 30.7 Å². The largest absolute Gasteiger partial charge is 0.508 e. The van der Waals surface area contributed by atoms with Crippen LogP contribution in [0.3, 0.4) is 0 Å². The van der Waals surface area contributed by atoms with Crippen molar-refractivity contribution in [1.82, 2.24) is 15.0 Å². The Morgan fingerprint density at radius 1 is 1.28 bits per heavy atom. The fourth-order valence-corrected chi connectivity index (χ4v) is 1.83. The number of hydrogen-bond donors (Lipinski definition) is 2. The van der Waals surface area contributed by atoms with E-state index in [1.165, 1.54) is 12.1 Å². The van der Waals surface area contributed by atoms with Crippen molar-refractivity contribution in [3.63, 3.8) is 0 Å². The molecule has 0 fully saturated rings. The second-order valence-corrected chi connectivity index (χ2v) is 4.13. The van der Waals surface area contributed by atoms with Crippen molar-refractivity contribution in [2.45, 2.75) is 6.92 Å². The van der Waals surface area contributed by atoms with Crippen LogP contribution in [0.2, 0.25) is 0 Å². The number of rotatable bonds is 1. The van der Waals surface area contributed by atoms with E-state index in [4.69, 9.17) is 0 Å². The normalized spacial score (nSPS) is 11.0. The maximum Gasteiger partial charge on any atom is 0.178 e. The molecule has 2 N–H and O–H groups in total. The van der Waals surface area contributed by atoms with E-state index < -0.39 is 5.82 Å². The van der Waals surface area contributed by atoms with Crippen LogP contribution in [0.5, 0.6) is 5.75 Å². The minimum absolute atomic E-state index is 0.110. The van der Waals surface area contributed by atoms with Crippen LogP contribution in [0.15, 0.2) is 30.5 Å². The Morgan fingerprint density at radius 3 is 2.89 bits per heavy atom. The number of phenols is 1. The van der Waals surface area contributed by atoms with Gasteiger partial charge in [-0.15, -0.1) is 0 Å². The predicted molar refractivity (Wildman–Crippen MR) is 65.7 cm³/mol. The fourth-order valence-electron chi connectivity index (χ4n) is 1.83. The maximum atomic E-state index is 13.7. The molecule has 4 nitrogen and oxygen atoms in total. The molecular formula is C13H10FN3O. The molecule has 0 saturated heterocycles. The van der Waals surface area contributed by atoms with Crippen molar-refractivity contribution >= 4 is 11.2 Å². The fraction of sp³-hybridized carbons (Fsp3) is 0.0769. The Morgan fingerprint density at radius 2 is 2.11 bits per heavy atom. The number of pyridine rings is 1. The van der Waals surface area contributed by atoms with Crippen molar-refractivity contribution in [1.29, 1.82) is 0 Å². The number of aromatic amines is 1. The number of fused-ring (bicyclic) bond motifs is 1. The number of halogens is 1. The number of H-pyrrole nitrogens is 1. The summed E-state index contributed by atoms with van der Waals surface area (Å²) in [6.45, 7) is 1.92. The molecule has 3 rings (SSSR count). The van der Waals surface area contributed by atoms with E-state index in [0.29, 0.717) is 17.0 Å². The first-order valence-electron chi connectivity index (χ1n) is 5.45. The number of nitrogens with one attached hydrogen (secondary N) is 1. The number of benzene rings is 1. The minimum Gasteiger partial charge on any atom is -0.508 e. The first-order valence-corrected chi connectivity index (χ1v) is 5.45. The Labute approximate surface area is 102 Å². The average molecular weight is 243 g/mol. The number of aromatic hydroxyl groups is 1. The van der Waals surface area contributed by atoms with Gasteiger partial charge in [-0.1, -0.05) is 0 Å². The van der Waals surface area contributed by atoms with Crippen LogP contribution < -0.4 is 0 Å². The molecule has 0 aliphatic carbocycles. The summed E-state index contributed by atoms with van der Waals surface area (Å²) >= 11 is 0. The average Bonchev–Trinajstić information content (AvgIpc) is 2.71. The molecule has 0 saturated carbocycles. The van der Waals surface area contributed by atoms with E-state index in [2.05, 4.69) is 15.0 Å². The van der Waals surface area contributed by atoms with Gasteiger partial charge in [-0.25, -0.2) is 14.4 Å². The van der Waals surface area contributed by atoms with Gasteiger partial charge in [-0.3, -0.25) is 0 Å². The first kappa shape index (κ1) is 10.7. The first-order chi connectivity index (χ1) is 8.63. The second kappa shape index (κ2) is 3.80. The van der Waals surface area contributed by atoms with Gasteiger partial charge >= 0.3 is 0 Å². The van der Waals surface area contributed by atoms with Gasteiger partial charge in [0.2, 0.25) is 0 Å². The molecule has 18 heavy (non-hydrogen) atoms. The highest BCUT2D eigenvalue weighted by Gasteiger charge is 2.11. The third-order valence-electron chi connectivity index (χ3n) is 2.68. The minimum atomic E-state index is -0.522. The van der Waals surface area contributed by atoms with Crippen LogP contribution in [0.4, 0.5) is 4.39 Å². The van der Waals surface area contributed by atoms with Gasteiger partial charge in [0.05, 0.1) is 11.1 Å². The summed E-state index contributed by atoms with van der Waals surface area (Å²) in [4.78, 5) is 11.4. The van der Waals surface area contributed by atoms with E-state index >= 15 is 0 Å². The molecule has 5 heteroatoms. The van der Waals surface area contributed by atoms with Crippen LogP contribution in [0.1, 0.15) is 5.56 Å². The van der Waals surface area contributed by atoms with Crippen molar-refractivity contribution in [2.24, 2.45) is 0 Å². The molecule has 0 amide bonds. The molecule has 0 aliphatic heterocycles. The summed E-state index contributed by atoms with van der Waals surface area (Å²) < 4.78 is 13.7. The van der Waals surface area contributed by atoms with Gasteiger partial charge in [-0.2, -0.15) is 0 Å². The molecule has 1 aromatic carbocycles. The summed E-state index contributed by atoms with van der Waals surface area (Å²) in [5.41, 5.74) is 2.62. The standard InChI is InChI=1S/C13H10FN3O/c1-7-4-11-13(15-6-7)17-12(16-11)9-3-2-8(18)5-10(9)14/h2-6,18H,1H3,(H,15,16,17). The zero-order chi connectivity index (χ0) is 12.7. The molecule has 0 radical (unpaired) electrons. The number of aryl methyl sites for hydroxylation is 1. The monoisotopic (exact) mass is 243 g/mol. The van der Waals surface area contributed by atoms with Gasteiger partial charge in [0.25, 0.3) is 0 Å². The molecule has 2 heterocycles. The molecule has 3 aromatic rings. The van der Waals surface area contributed by atoms with E-state index in [0.717, 1.165) is 17.1 Å². The van der Waals surface area contributed by atoms with Crippen molar-refractivity contribution in [2.75, 3.05) is 0 Å². The highest BCUT2D eigenvalue weighted by atomic mass is 19.1. The quantitative estimate of drug-likeness (QED) is 0.690. The number of imidazole rings is 1. The molecule has 0 bridgehead atoms.